The summed E-state index contributed by atoms with van der Waals surface area (Å²) in [5, 5.41) is 3.51. The molecule has 2 saturated heterocycles. The molecule has 4 nitrogen and oxygen atoms in total. The molecular formula is C15H23N3O. The number of hydrogen-bond acceptors (Lipinski definition) is 4. The molecule has 1 aromatic rings. The molecule has 0 spiro atoms. The van der Waals surface area contributed by atoms with Crippen LogP contribution in [0.4, 0.5) is 0 Å². The molecule has 0 radical (unpaired) electrons. The first-order valence-corrected chi connectivity index (χ1v) is 7.07. The lowest BCUT2D eigenvalue weighted by Crippen LogP contribution is -2.61. The number of fused-ring (bicyclic) bond motifs is 1. The zero-order valence-corrected chi connectivity index (χ0v) is 11.8. The highest BCUT2D eigenvalue weighted by Gasteiger charge is 2.35. The van der Waals surface area contributed by atoms with Crippen molar-refractivity contribution in [2.24, 2.45) is 0 Å². The predicted molar refractivity (Wildman–Crippen MR) is 76.6 cm³/mol. The number of nitrogens with one attached hydrogen (secondary N) is 1. The molecule has 104 valence electrons. The zero-order chi connectivity index (χ0) is 13.2. The van der Waals surface area contributed by atoms with Crippen molar-refractivity contribution in [1.82, 2.24) is 15.1 Å². The van der Waals surface area contributed by atoms with E-state index in [1.807, 2.05) is 6.07 Å². The fraction of sp³-hybridized carbons (Fsp3) is 0.600. The van der Waals surface area contributed by atoms with Crippen LogP contribution in [0.5, 0.6) is 5.75 Å². The number of methoxy groups -OCH3 is 1. The smallest absolute Gasteiger partial charge is 0.119 e. The van der Waals surface area contributed by atoms with Gasteiger partial charge in [0, 0.05) is 44.8 Å². The van der Waals surface area contributed by atoms with Crippen molar-refractivity contribution in [3.63, 3.8) is 0 Å². The number of ether oxygens (including phenoxy) is 1. The Hall–Kier alpha value is -1.10. The van der Waals surface area contributed by atoms with E-state index in [-0.39, 0.29) is 0 Å². The minimum Gasteiger partial charge on any atom is -0.497 e. The molecule has 19 heavy (non-hydrogen) atoms. The Morgan fingerprint density at radius 3 is 3.05 bits per heavy atom. The van der Waals surface area contributed by atoms with Crippen LogP contribution >= 0.6 is 0 Å². The molecule has 0 bridgehead atoms. The third kappa shape index (κ3) is 2.61. The van der Waals surface area contributed by atoms with E-state index in [9.17, 15) is 0 Å². The average molecular weight is 261 g/mol. The number of benzene rings is 1. The van der Waals surface area contributed by atoms with Crippen LogP contribution in [0.25, 0.3) is 0 Å². The van der Waals surface area contributed by atoms with Crippen LogP contribution < -0.4 is 10.1 Å². The maximum absolute atomic E-state index is 5.36. The fourth-order valence-electron chi connectivity index (χ4n) is 3.34. The second-order valence-corrected chi connectivity index (χ2v) is 5.61. The summed E-state index contributed by atoms with van der Waals surface area (Å²) in [6.45, 7) is 5.60. The first-order valence-electron chi connectivity index (χ1n) is 7.07. The summed E-state index contributed by atoms with van der Waals surface area (Å²) in [7, 11) is 3.96. The van der Waals surface area contributed by atoms with Crippen LogP contribution in [-0.4, -0.2) is 62.7 Å². The third-order valence-electron chi connectivity index (χ3n) is 4.28. The van der Waals surface area contributed by atoms with Crippen LogP contribution in [0.1, 0.15) is 11.6 Å². The molecular weight excluding hydrogens is 238 g/mol. The van der Waals surface area contributed by atoms with E-state index in [0.29, 0.717) is 12.1 Å². The van der Waals surface area contributed by atoms with Gasteiger partial charge in [0.25, 0.3) is 0 Å². The molecule has 0 saturated carbocycles. The zero-order valence-electron chi connectivity index (χ0n) is 11.8. The summed E-state index contributed by atoms with van der Waals surface area (Å²) in [5.74, 6) is 0.956. The summed E-state index contributed by atoms with van der Waals surface area (Å²) in [4.78, 5) is 5.10. The summed E-state index contributed by atoms with van der Waals surface area (Å²) < 4.78 is 5.36. The van der Waals surface area contributed by atoms with Crippen molar-refractivity contribution in [1.29, 1.82) is 0 Å². The van der Waals surface area contributed by atoms with Crippen molar-refractivity contribution in [2.75, 3.05) is 46.9 Å². The SMILES string of the molecule is COc1cccc(C2CN(C)CC3CNCCN32)c1. The third-order valence-corrected chi connectivity index (χ3v) is 4.28. The largest absolute Gasteiger partial charge is 0.497 e. The maximum atomic E-state index is 5.36. The molecule has 2 unspecified atom stereocenters. The van der Waals surface area contributed by atoms with Crippen molar-refractivity contribution in [3.05, 3.63) is 29.8 Å². The second kappa shape index (κ2) is 5.49. The first-order chi connectivity index (χ1) is 9.28. The molecule has 1 aromatic carbocycles. The van der Waals surface area contributed by atoms with Gasteiger partial charge in [0.2, 0.25) is 0 Å². The van der Waals surface area contributed by atoms with Gasteiger partial charge in [-0.3, -0.25) is 4.90 Å². The van der Waals surface area contributed by atoms with Crippen LogP contribution in [0.3, 0.4) is 0 Å². The topological polar surface area (TPSA) is 27.7 Å². The van der Waals surface area contributed by atoms with Gasteiger partial charge in [-0.25, -0.2) is 0 Å². The number of likely N-dealkylation sites (N-methyl/N-ethyl adjacent to an activating group) is 1. The van der Waals surface area contributed by atoms with Crippen molar-refractivity contribution in [2.45, 2.75) is 12.1 Å². The van der Waals surface area contributed by atoms with Gasteiger partial charge < -0.3 is 15.0 Å². The van der Waals surface area contributed by atoms with Gasteiger partial charge in [-0.15, -0.1) is 0 Å². The van der Waals surface area contributed by atoms with Gasteiger partial charge in [0.15, 0.2) is 0 Å². The summed E-state index contributed by atoms with van der Waals surface area (Å²) >= 11 is 0. The Morgan fingerprint density at radius 1 is 1.32 bits per heavy atom. The van der Waals surface area contributed by atoms with Gasteiger partial charge in [-0.2, -0.15) is 0 Å². The first kappa shape index (κ1) is 12.9. The predicted octanol–water partition coefficient (Wildman–Crippen LogP) is 0.956. The highest BCUT2D eigenvalue weighted by molar-refractivity contribution is 5.31. The fourth-order valence-corrected chi connectivity index (χ4v) is 3.34. The van der Waals surface area contributed by atoms with E-state index in [0.717, 1.165) is 38.5 Å². The quantitative estimate of drug-likeness (QED) is 0.858. The van der Waals surface area contributed by atoms with E-state index in [2.05, 4.69) is 40.4 Å². The Morgan fingerprint density at radius 2 is 2.21 bits per heavy atom. The standard InChI is InChI=1S/C15H23N3O/c1-17-10-13-9-16-6-7-18(13)15(11-17)12-4-3-5-14(8-12)19-2/h3-5,8,13,15-16H,6-7,9-11H2,1-2H3. The molecule has 2 heterocycles. The molecule has 3 rings (SSSR count). The maximum Gasteiger partial charge on any atom is 0.119 e. The van der Waals surface area contributed by atoms with E-state index in [1.54, 1.807) is 7.11 Å². The highest BCUT2D eigenvalue weighted by atomic mass is 16.5. The molecule has 0 amide bonds. The van der Waals surface area contributed by atoms with Crippen molar-refractivity contribution >= 4 is 0 Å². The van der Waals surface area contributed by atoms with Crippen LogP contribution in [-0.2, 0) is 0 Å². The molecule has 2 fully saturated rings. The Balaban J connectivity index is 1.87. The molecule has 4 heteroatoms. The second-order valence-electron chi connectivity index (χ2n) is 5.61. The summed E-state index contributed by atoms with van der Waals surface area (Å²) in [6, 6.07) is 9.64. The number of rotatable bonds is 2. The van der Waals surface area contributed by atoms with Crippen molar-refractivity contribution in [3.8, 4) is 5.75 Å². The van der Waals surface area contributed by atoms with Crippen LogP contribution in [0.15, 0.2) is 24.3 Å². The van der Waals surface area contributed by atoms with Gasteiger partial charge in [0.1, 0.15) is 5.75 Å². The normalized spacial score (nSPS) is 28.9. The van der Waals surface area contributed by atoms with Gasteiger partial charge in [0.05, 0.1) is 7.11 Å². The lowest BCUT2D eigenvalue weighted by Gasteiger charge is -2.48. The number of piperazine rings is 2. The molecule has 2 aliphatic rings. The van der Waals surface area contributed by atoms with E-state index in [4.69, 9.17) is 4.74 Å². The minimum atomic E-state index is 0.487. The molecule has 2 atom stereocenters. The van der Waals surface area contributed by atoms with Crippen LogP contribution in [0, 0.1) is 0 Å². The van der Waals surface area contributed by atoms with E-state index < -0.39 is 0 Å². The Bertz CT molecular complexity index is 437. The van der Waals surface area contributed by atoms with Crippen molar-refractivity contribution < 1.29 is 4.74 Å². The molecule has 1 N–H and O–H groups in total. The lowest BCUT2D eigenvalue weighted by atomic mass is 9.97. The Kier molecular flexibility index (Phi) is 3.73. The number of hydrogen-bond donors (Lipinski definition) is 1. The van der Waals surface area contributed by atoms with Crippen LogP contribution in [0.2, 0.25) is 0 Å². The lowest BCUT2D eigenvalue weighted by molar-refractivity contribution is 0.0193. The number of nitrogens with zero attached hydrogens (tertiary/aromatic N) is 2. The molecule has 2 aliphatic heterocycles. The van der Waals surface area contributed by atoms with E-state index >= 15 is 0 Å². The van der Waals surface area contributed by atoms with Gasteiger partial charge in [-0.05, 0) is 24.7 Å². The Labute approximate surface area is 115 Å². The van der Waals surface area contributed by atoms with Gasteiger partial charge >= 0.3 is 0 Å². The highest BCUT2D eigenvalue weighted by Crippen LogP contribution is 2.30. The summed E-state index contributed by atoms with van der Waals surface area (Å²) in [5.41, 5.74) is 1.37. The monoisotopic (exact) mass is 261 g/mol. The molecule has 0 aromatic heterocycles. The minimum absolute atomic E-state index is 0.487. The van der Waals surface area contributed by atoms with Gasteiger partial charge in [-0.1, -0.05) is 12.1 Å². The summed E-state index contributed by atoms with van der Waals surface area (Å²) in [6.07, 6.45) is 0. The molecule has 0 aliphatic carbocycles. The average Bonchev–Trinajstić information content (AvgIpc) is 2.46. The van der Waals surface area contributed by atoms with E-state index in [1.165, 1.54) is 5.56 Å².